The third-order valence-corrected chi connectivity index (χ3v) is 4.16. The minimum absolute atomic E-state index is 0.596. The van der Waals surface area contributed by atoms with Crippen LogP contribution in [-0.2, 0) is 11.2 Å². The molecule has 0 aliphatic carbocycles. The molecule has 7 heteroatoms. The predicted octanol–water partition coefficient (Wildman–Crippen LogP) is 2.64. The Labute approximate surface area is 146 Å². The molecule has 2 N–H and O–H groups in total. The van der Waals surface area contributed by atoms with Crippen LogP contribution in [0.25, 0.3) is 5.70 Å². The van der Waals surface area contributed by atoms with Gasteiger partial charge in [0, 0.05) is 43.0 Å². The number of rotatable bonds is 7. The predicted molar refractivity (Wildman–Crippen MR) is 100 cm³/mol. The molecule has 0 bridgehead atoms. The summed E-state index contributed by atoms with van der Waals surface area (Å²) in [5, 5.41) is 2.11. The lowest BCUT2D eigenvalue weighted by Gasteiger charge is -2.12. The van der Waals surface area contributed by atoms with Gasteiger partial charge in [-0.1, -0.05) is 11.6 Å². The first-order valence-electron chi connectivity index (χ1n) is 7.54. The first kappa shape index (κ1) is 17.9. The molecule has 0 aromatic heterocycles. The van der Waals surface area contributed by atoms with Crippen molar-refractivity contribution in [3.63, 3.8) is 0 Å². The van der Waals surface area contributed by atoms with E-state index in [1.807, 2.05) is 19.1 Å². The van der Waals surface area contributed by atoms with Crippen LogP contribution < -0.4 is 10.7 Å². The molecule has 24 heavy (non-hydrogen) atoms. The van der Waals surface area contributed by atoms with Crippen LogP contribution in [0.3, 0.4) is 0 Å². The molecule has 1 heterocycles. The number of hydrazine groups is 1. The molecule has 1 aromatic carbocycles. The van der Waals surface area contributed by atoms with Gasteiger partial charge in [0.25, 0.3) is 0 Å². The highest BCUT2D eigenvalue weighted by atomic mass is 35.5. The maximum Gasteiger partial charge on any atom is 0.214 e. The molecule has 0 radical (unpaired) electrons. The van der Waals surface area contributed by atoms with Crippen molar-refractivity contribution in [3.8, 4) is 0 Å². The smallest absolute Gasteiger partial charge is 0.214 e. The van der Waals surface area contributed by atoms with E-state index in [1.54, 1.807) is 29.6 Å². The highest BCUT2D eigenvalue weighted by molar-refractivity contribution is 6.33. The van der Waals surface area contributed by atoms with E-state index in [9.17, 15) is 4.79 Å². The Morgan fingerprint density at radius 3 is 3.00 bits per heavy atom. The summed E-state index contributed by atoms with van der Waals surface area (Å²) in [6.07, 6.45) is 8.13. The molecule has 2 rings (SSSR count). The van der Waals surface area contributed by atoms with Crippen LogP contribution in [0.5, 0.6) is 0 Å². The Morgan fingerprint density at radius 2 is 2.33 bits per heavy atom. The molecule has 6 nitrogen and oxygen atoms in total. The zero-order valence-corrected chi connectivity index (χ0v) is 14.3. The SMILES string of the molecule is C=N/C(=C/C=N\C=C/N(N)CC)c1ccc2c(c1Cl)CCN2C=O. The van der Waals surface area contributed by atoms with E-state index in [0.717, 1.165) is 29.6 Å². The van der Waals surface area contributed by atoms with Crippen LogP contribution >= 0.6 is 11.6 Å². The fourth-order valence-corrected chi connectivity index (χ4v) is 2.75. The van der Waals surface area contributed by atoms with Crippen molar-refractivity contribution in [1.82, 2.24) is 5.01 Å². The number of hydrogen-bond donors (Lipinski definition) is 1. The first-order chi connectivity index (χ1) is 11.6. The van der Waals surface area contributed by atoms with Gasteiger partial charge in [-0.05, 0) is 43.8 Å². The van der Waals surface area contributed by atoms with Gasteiger partial charge in [-0.2, -0.15) is 0 Å². The zero-order chi connectivity index (χ0) is 17.5. The van der Waals surface area contributed by atoms with Gasteiger partial charge < -0.3 is 9.91 Å². The molecule has 1 aromatic rings. The summed E-state index contributed by atoms with van der Waals surface area (Å²) in [6.45, 7) is 6.87. The molecule has 1 amide bonds. The summed E-state index contributed by atoms with van der Waals surface area (Å²) in [4.78, 5) is 20.8. The highest BCUT2D eigenvalue weighted by Gasteiger charge is 2.23. The number of nitrogens with two attached hydrogens (primary N) is 1. The Kier molecular flexibility index (Phi) is 6.28. The normalized spacial score (nSPS) is 14.5. The largest absolute Gasteiger partial charge is 0.317 e. The second kappa shape index (κ2) is 8.42. The fraction of sp³-hybridized carbons (Fsp3) is 0.235. The standard InChI is InChI=1S/C17H20ClN5O/c1-3-23(19)11-9-21-8-6-15(20-2)13-4-5-16-14(17(13)18)7-10-22(16)12-24/h4-6,8-9,11-12H,2-3,7,10,19H2,1H3/b11-9-,15-6+,21-8-. The molecule has 126 valence electrons. The van der Waals surface area contributed by atoms with Gasteiger partial charge in [-0.25, -0.2) is 5.84 Å². The Morgan fingerprint density at radius 1 is 1.54 bits per heavy atom. The Bertz CT molecular complexity index is 711. The van der Waals surface area contributed by atoms with Crippen LogP contribution in [0.2, 0.25) is 5.02 Å². The molecule has 0 atom stereocenters. The quantitative estimate of drug-likeness (QED) is 0.357. The van der Waals surface area contributed by atoms with E-state index in [1.165, 1.54) is 5.01 Å². The van der Waals surface area contributed by atoms with Crippen molar-refractivity contribution in [3.05, 3.63) is 46.8 Å². The van der Waals surface area contributed by atoms with E-state index in [4.69, 9.17) is 17.4 Å². The number of benzene rings is 1. The first-order valence-corrected chi connectivity index (χ1v) is 7.92. The number of aliphatic imine (C=N–C) groups is 2. The lowest BCUT2D eigenvalue weighted by atomic mass is 10.1. The van der Waals surface area contributed by atoms with Crippen molar-refractivity contribution >= 4 is 42.3 Å². The minimum atomic E-state index is 0.596. The zero-order valence-electron chi connectivity index (χ0n) is 13.5. The average molecular weight is 346 g/mol. The van der Waals surface area contributed by atoms with Crippen molar-refractivity contribution in [1.29, 1.82) is 0 Å². The average Bonchev–Trinajstić information content (AvgIpc) is 3.03. The number of carbonyl (C=O) groups excluding carboxylic acids is 1. The summed E-state index contributed by atoms with van der Waals surface area (Å²) < 4.78 is 0. The second-order valence-electron chi connectivity index (χ2n) is 5.11. The van der Waals surface area contributed by atoms with E-state index in [-0.39, 0.29) is 0 Å². The summed E-state index contributed by atoms with van der Waals surface area (Å²) in [6, 6.07) is 3.72. The molecule has 0 spiro atoms. The highest BCUT2D eigenvalue weighted by Crippen LogP contribution is 2.37. The lowest BCUT2D eigenvalue weighted by Crippen LogP contribution is -2.23. The number of halogens is 1. The van der Waals surface area contributed by atoms with Gasteiger partial charge in [0.1, 0.15) is 0 Å². The van der Waals surface area contributed by atoms with Crippen LogP contribution in [-0.4, -0.2) is 37.4 Å². The van der Waals surface area contributed by atoms with Gasteiger partial charge in [0.05, 0.1) is 10.7 Å². The van der Waals surface area contributed by atoms with Crippen LogP contribution in [0.4, 0.5) is 5.69 Å². The summed E-state index contributed by atoms with van der Waals surface area (Å²) in [7, 11) is 0. The summed E-state index contributed by atoms with van der Waals surface area (Å²) >= 11 is 6.50. The Balaban J connectivity index is 2.24. The minimum Gasteiger partial charge on any atom is -0.317 e. The molecule has 1 aliphatic rings. The maximum atomic E-state index is 11.0. The number of carbonyl (C=O) groups is 1. The molecular formula is C17H20ClN5O. The number of nitrogens with zero attached hydrogens (tertiary/aromatic N) is 4. The van der Waals surface area contributed by atoms with Crippen molar-refractivity contribution < 1.29 is 4.79 Å². The number of fused-ring (bicyclic) bond motifs is 1. The number of amides is 1. The summed E-state index contributed by atoms with van der Waals surface area (Å²) in [5.41, 5.74) is 3.18. The molecule has 0 unspecified atom stereocenters. The van der Waals surface area contributed by atoms with Gasteiger partial charge in [0.15, 0.2) is 0 Å². The Hall–Kier alpha value is -2.44. The topological polar surface area (TPSA) is 74.3 Å². The lowest BCUT2D eigenvalue weighted by molar-refractivity contribution is -0.107. The third-order valence-electron chi connectivity index (χ3n) is 3.73. The van der Waals surface area contributed by atoms with Gasteiger partial charge >= 0.3 is 0 Å². The van der Waals surface area contributed by atoms with E-state index >= 15 is 0 Å². The molecule has 1 aliphatic heterocycles. The molecular weight excluding hydrogens is 326 g/mol. The van der Waals surface area contributed by atoms with E-state index in [0.29, 0.717) is 23.8 Å². The van der Waals surface area contributed by atoms with Gasteiger partial charge in [0.2, 0.25) is 6.41 Å². The van der Waals surface area contributed by atoms with Gasteiger partial charge in [-0.3, -0.25) is 14.8 Å². The molecule has 0 saturated heterocycles. The number of anilines is 1. The summed E-state index contributed by atoms with van der Waals surface area (Å²) in [5.74, 6) is 5.61. The maximum absolute atomic E-state index is 11.0. The molecule has 0 fully saturated rings. The third kappa shape index (κ3) is 3.90. The fourth-order valence-electron chi connectivity index (χ4n) is 2.40. The van der Waals surface area contributed by atoms with E-state index < -0.39 is 0 Å². The van der Waals surface area contributed by atoms with Crippen molar-refractivity contribution in [2.24, 2.45) is 15.8 Å². The number of hydrogen-bond acceptors (Lipinski definition) is 5. The monoisotopic (exact) mass is 345 g/mol. The van der Waals surface area contributed by atoms with Crippen molar-refractivity contribution in [2.75, 3.05) is 18.0 Å². The van der Waals surface area contributed by atoms with E-state index in [2.05, 4.69) is 16.7 Å². The van der Waals surface area contributed by atoms with Gasteiger partial charge in [-0.15, -0.1) is 0 Å². The second-order valence-corrected chi connectivity index (χ2v) is 5.49. The van der Waals surface area contributed by atoms with Crippen LogP contribution in [0, 0.1) is 0 Å². The number of allylic oxidation sites excluding steroid dienone is 1. The van der Waals surface area contributed by atoms with Crippen molar-refractivity contribution in [2.45, 2.75) is 13.3 Å². The van der Waals surface area contributed by atoms with Crippen LogP contribution in [0.1, 0.15) is 18.1 Å². The molecule has 0 saturated carbocycles. The van der Waals surface area contributed by atoms with Crippen LogP contribution in [0.15, 0.2) is 40.6 Å².